The Labute approximate surface area is 220 Å². The maximum atomic E-state index is 13.3. The lowest BCUT2D eigenvalue weighted by Crippen LogP contribution is -2.38. The van der Waals surface area contributed by atoms with Gasteiger partial charge in [-0.1, -0.05) is 67.6 Å². The number of nitrogens with one attached hydrogen (secondary N) is 3. The van der Waals surface area contributed by atoms with E-state index in [-0.39, 0.29) is 18.3 Å². The number of rotatable bonds is 10. The Kier molecular flexibility index (Phi) is 8.66. The summed E-state index contributed by atoms with van der Waals surface area (Å²) in [5.41, 5.74) is 7.94. The Morgan fingerprint density at radius 1 is 0.947 bits per heavy atom. The standard InChI is InChI=1S/C30H31F3N4O/c1-20(30(31,32)33)16-27(35-25-14-5-8-21(17-25)19-34)29(38)37-26-15-6-11-23(18-26)28(36-24-12-7-13-24)22-9-3-2-4-10-22/h2-6,8-11,14-18,24,28,35-36H,1,7,12-13,19,34H2,(H,37,38)/b27-16-. The zero-order valence-electron chi connectivity index (χ0n) is 20.9. The fourth-order valence-corrected chi connectivity index (χ4v) is 4.18. The number of hydrogen-bond donors (Lipinski definition) is 4. The molecule has 0 radical (unpaired) electrons. The van der Waals surface area contributed by atoms with Crippen LogP contribution in [0.2, 0.25) is 0 Å². The van der Waals surface area contributed by atoms with Gasteiger partial charge in [0, 0.05) is 24.0 Å². The van der Waals surface area contributed by atoms with Gasteiger partial charge in [-0.3, -0.25) is 4.79 Å². The van der Waals surface area contributed by atoms with Crippen LogP contribution >= 0.6 is 0 Å². The zero-order valence-corrected chi connectivity index (χ0v) is 20.9. The largest absolute Gasteiger partial charge is 0.415 e. The van der Waals surface area contributed by atoms with Crippen LogP contribution in [0.25, 0.3) is 0 Å². The van der Waals surface area contributed by atoms with Crippen LogP contribution in [0, 0.1) is 0 Å². The number of nitrogens with two attached hydrogens (primary N) is 1. The highest BCUT2D eigenvalue weighted by atomic mass is 19.4. The summed E-state index contributed by atoms with van der Waals surface area (Å²) in [5, 5.41) is 9.24. The summed E-state index contributed by atoms with van der Waals surface area (Å²) in [6, 6.07) is 24.5. The predicted molar refractivity (Wildman–Crippen MR) is 145 cm³/mol. The fraction of sp³-hybridized carbons (Fsp3) is 0.233. The first-order chi connectivity index (χ1) is 18.2. The van der Waals surface area contributed by atoms with Gasteiger partial charge in [-0.05, 0) is 59.9 Å². The quantitative estimate of drug-likeness (QED) is 0.184. The molecule has 3 aromatic rings. The number of alkyl halides is 3. The minimum absolute atomic E-state index is 0.0875. The molecule has 0 spiro atoms. The summed E-state index contributed by atoms with van der Waals surface area (Å²) >= 11 is 0. The van der Waals surface area contributed by atoms with Crippen molar-refractivity contribution >= 4 is 17.3 Å². The molecular formula is C30H31F3N4O. The van der Waals surface area contributed by atoms with Gasteiger partial charge in [-0.25, -0.2) is 0 Å². The Bertz CT molecular complexity index is 1300. The second-order valence-corrected chi connectivity index (χ2v) is 9.33. The van der Waals surface area contributed by atoms with Gasteiger partial charge in [0.1, 0.15) is 5.70 Å². The molecule has 1 unspecified atom stereocenters. The average molecular weight is 521 g/mol. The highest BCUT2D eigenvalue weighted by molar-refractivity contribution is 6.06. The van der Waals surface area contributed by atoms with Crippen LogP contribution in [0.3, 0.4) is 0 Å². The number of carbonyl (C=O) groups is 1. The van der Waals surface area contributed by atoms with Gasteiger partial charge >= 0.3 is 6.18 Å². The van der Waals surface area contributed by atoms with Gasteiger partial charge in [-0.2, -0.15) is 13.2 Å². The first-order valence-electron chi connectivity index (χ1n) is 12.5. The average Bonchev–Trinajstić information content (AvgIpc) is 2.88. The Morgan fingerprint density at radius 3 is 2.24 bits per heavy atom. The zero-order chi connectivity index (χ0) is 27.1. The van der Waals surface area contributed by atoms with Gasteiger partial charge in [0.2, 0.25) is 0 Å². The van der Waals surface area contributed by atoms with Crippen molar-refractivity contribution in [2.75, 3.05) is 10.6 Å². The van der Waals surface area contributed by atoms with E-state index in [1.165, 1.54) is 6.42 Å². The molecule has 4 rings (SSSR count). The summed E-state index contributed by atoms with van der Waals surface area (Å²) < 4.78 is 39.8. The van der Waals surface area contributed by atoms with Gasteiger partial charge in [0.25, 0.3) is 5.91 Å². The molecule has 1 fully saturated rings. The van der Waals surface area contributed by atoms with E-state index in [9.17, 15) is 18.0 Å². The van der Waals surface area contributed by atoms with Crippen LogP contribution in [0.15, 0.2) is 103 Å². The van der Waals surface area contributed by atoms with Gasteiger partial charge < -0.3 is 21.7 Å². The van der Waals surface area contributed by atoms with Gasteiger partial charge in [-0.15, -0.1) is 0 Å². The van der Waals surface area contributed by atoms with E-state index in [4.69, 9.17) is 5.73 Å². The maximum Gasteiger partial charge on any atom is 0.415 e. The summed E-state index contributed by atoms with van der Waals surface area (Å²) in [6.07, 6.45) is -0.571. The SMILES string of the molecule is C=C(/C=C(\Nc1cccc(CN)c1)C(=O)Nc1cccc(C(NC2CCC2)c2ccccc2)c1)C(F)(F)F. The summed E-state index contributed by atoms with van der Waals surface area (Å²) in [4.78, 5) is 13.2. The van der Waals surface area contributed by atoms with Crippen molar-refractivity contribution in [2.24, 2.45) is 5.73 Å². The monoisotopic (exact) mass is 520 g/mol. The number of allylic oxidation sites excluding steroid dienone is 2. The third-order valence-electron chi connectivity index (χ3n) is 6.49. The molecule has 8 heteroatoms. The molecule has 0 saturated heterocycles. The molecule has 5 N–H and O–H groups in total. The van der Waals surface area contributed by atoms with Crippen LogP contribution in [-0.4, -0.2) is 18.1 Å². The molecule has 1 atom stereocenters. The van der Waals surface area contributed by atoms with Crippen molar-refractivity contribution in [2.45, 2.75) is 44.1 Å². The lowest BCUT2D eigenvalue weighted by molar-refractivity contribution is -0.112. The molecule has 198 valence electrons. The molecule has 1 amide bonds. The maximum absolute atomic E-state index is 13.3. The first-order valence-corrected chi connectivity index (χ1v) is 12.5. The Balaban J connectivity index is 1.60. The molecule has 1 aliphatic carbocycles. The van der Waals surface area contributed by atoms with E-state index in [1.54, 1.807) is 30.3 Å². The molecule has 0 aliphatic heterocycles. The van der Waals surface area contributed by atoms with Crippen LogP contribution in [0.1, 0.15) is 42.0 Å². The van der Waals surface area contributed by atoms with Crippen LogP contribution < -0.4 is 21.7 Å². The van der Waals surface area contributed by atoms with Crippen LogP contribution in [-0.2, 0) is 11.3 Å². The summed E-state index contributed by atoms with van der Waals surface area (Å²) in [7, 11) is 0. The van der Waals surface area contributed by atoms with Crippen molar-refractivity contribution < 1.29 is 18.0 Å². The number of carbonyl (C=O) groups excluding carboxylic acids is 1. The molecule has 1 aliphatic rings. The van der Waals surface area contributed by atoms with E-state index in [2.05, 4.69) is 22.5 Å². The molecule has 38 heavy (non-hydrogen) atoms. The molecule has 5 nitrogen and oxygen atoms in total. The van der Waals surface area contributed by atoms with Crippen molar-refractivity contribution in [3.05, 3.63) is 119 Å². The third-order valence-corrected chi connectivity index (χ3v) is 6.49. The van der Waals surface area contributed by atoms with E-state index in [1.807, 2.05) is 48.5 Å². The highest BCUT2D eigenvalue weighted by Gasteiger charge is 2.31. The van der Waals surface area contributed by atoms with Crippen molar-refractivity contribution in [3.63, 3.8) is 0 Å². The van der Waals surface area contributed by atoms with Crippen LogP contribution in [0.4, 0.5) is 24.5 Å². The minimum Gasteiger partial charge on any atom is -0.351 e. The number of benzene rings is 3. The van der Waals surface area contributed by atoms with Crippen molar-refractivity contribution in [3.8, 4) is 0 Å². The summed E-state index contributed by atoms with van der Waals surface area (Å²) in [6.45, 7) is 3.34. The van der Waals surface area contributed by atoms with E-state index in [0.717, 1.165) is 29.5 Å². The van der Waals surface area contributed by atoms with E-state index < -0.39 is 17.7 Å². The number of anilines is 2. The first kappa shape index (κ1) is 27.2. The van der Waals surface area contributed by atoms with Crippen LogP contribution in [0.5, 0.6) is 0 Å². The normalized spacial score (nSPS) is 14.9. The Morgan fingerprint density at radius 2 is 1.61 bits per heavy atom. The smallest absolute Gasteiger partial charge is 0.351 e. The van der Waals surface area contributed by atoms with Crippen molar-refractivity contribution in [1.82, 2.24) is 5.32 Å². The highest BCUT2D eigenvalue weighted by Crippen LogP contribution is 2.30. The third kappa shape index (κ3) is 7.12. The minimum atomic E-state index is -4.68. The second-order valence-electron chi connectivity index (χ2n) is 9.33. The second kappa shape index (κ2) is 12.1. The number of hydrogen-bond acceptors (Lipinski definition) is 4. The van der Waals surface area contributed by atoms with Gasteiger partial charge in [0.15, 0.2) is 0 Å². The number of amides is 1. The summed E-state index contributed by atoms with van der Waals surface area (Å²) in [5.74, 6) is -0.728. The van der Waals surface area contributed by atoms with Crippen molar-refractivity contribution in [1.29, 1.82) is 0 Å². The van der Waals surface area contributed by atoms with E-state index in [0.29, 0.717) is 23.5 Å². The predicted octanol–water partition coefficient (Wildman–Crippen LogP) is 6.43. The molecule has 0 bridgehead atoms. The van der Waals surface area contributed by atoms with E-state index >= 15 is 0 Å². The number of halogens is 3. The topological polar surface area (TPSA) is 79.2 Å². The lowest BCUT2D eigenvalue weighted by atomic mass is 9.89. The molecule has 0 heterocycles. The Hall–Kier alpha value is -3.88. The molecule has 3 aromatic carbocycles. The molecular weight excluding hydrogens is 489 g/mol. The van der Waals surface area contributed by atoms with Gasteiger partial charge in [0.05, 0.1) is 11.6 Å². The molecule has 0 aromatic heterocycles. The molecule has 1 saturated carbocycles. The fourth-order valence-electron chi connectivity index (χ4n) is 4.18. The lowest BCUT2D eigenvalue weighted by Gasteiger charge is -2.32.